The lowest BCUT2D eigenvalue weighted by molar-refractivity contribution is 0.0873. The van der Waals surface area contributed by atoms with E-state index in [-0.39, 0.29) is 23.0 Å². The van der Waals surface area contributed by atoms with Crippen LogP contribution in [0.15, 0.2) is 42.5 Å². The zero-order chi connectivity index (χ0) is 24.5. The molecule has 184 valence electrons. The van der Waals surface area contributed by atoms with Gasteiger partial charge in [-0.05, 0) is 77.9 Å². The number of carbonyl (C=O) groups excluding carboxylic acids is 1. The molecule has 0 saturated carbocycles. The van der Waals surface area contributed by atoms with E-state index in [1.54, 1.807) is 18.2 Å². The van der Waals surface area contributed by atoms with E-state index in [0.717, 1.165) is 50.5 Å². The van der Waals surface area contributed by atoms with Crippen molar-refractivity contribution in [1.29, 1.82) is 0 Å². The average Bonchev–Trinajstić information content (AvgIpc) is 2.73. The quantitative estimate of drug-likeness (QED) is 0.630. The van der Waals surface area contributed by atoms with Gasteiger partial charge in [-0.3, -0.25) is 4.79 Å². The molecule has 1 amide bonds. The number of halogens is 1. The molecule has 34 heavy (non-hydrogen) atoms. The smallest absolute Gasteiger partial charge is 0.251 e. The van der Waals surface area contributed by atoms with Gasteiger partial charge in [0.05, 0.1) is 5.02 Å². The highest BCUT2D eigenvalue weighted by Crippen LogP contribution is 2.33. The molecule has 4 rings (SSSR count). The molecule has 2 aliphatic rings. The number of nitrogens with one attached hydrogen (secondary N) is 2. The van der Waals surface area contributed by atoms with E-state index in [4.69, 9.17) is 16.3 Å². The van der Waals surface area contributed by atoms with Crippen molar-refractivity contribution < 1.29 is 9.53 Å². The monoisotopic (exact) mass is 484 g/mol. The second kappa shape index (κ2) is 9.76. The maximum atomic E-state index is 13.0. The highest BCUT2D eigenvalue weighted by atomic mass is 35.5. The zero-order valence-electron chi connectivity index (χ0n) is 21.0. The van der Waals surface area contributed by atoms with Crippen LogP contribution in [-0.4, -0.2) is 61.2 Å². The van der Waals surface area contributed by atoms with Gasteiger partial charge in [-0.15, -0.1) is 0 Å². The maximum Gasteiger partial charge on any atom is 0.251 e. The Morgan fingerprint density at radius 2 is 1.71 bits per heavy atom. The van der Waals surface area contributed by atoms with Gasteiger partial charge in [0.1, 0.15) is 11.5 Å². The predicted octanol–water partition coefficient (Wildman–Crippen LogP) is 4.92. The van der Waals surface area contributed by atoms with Gasteiger partial charge in [-0.1, -0.05) is 17.7 Å². The molecule has 2 aromatic carbocycles. The Balaban J connectivity index is 1.41. The van der Waals surface area contributed by atoms with E-state index in [1.165, 1.54) is 0 Å². The highest BCUT2D eigenvalue weighted by molar-refractivity contribution is 6.32. The molecule has 0 bridgehead atoms. The van der Waals surface area contributed by atoms with Crippen molar-refractivity contribution >= 4 is 23.2 Å². The summed E-state index contributed by atoms with van der Waals surface area (Å²) in [5, 5.41) is 7.27. The first-order valence-corrected chi connectivity index (χ1v) is 12.5. The van der Waals surface area contributed by atoms with Crippen molar-refractivity contribution in [2.24, 2.45) is 0 Å². The second-order valence-corrected chi connectivity index (χ2v) is 11.4. The molecule has 0 spiro atoms. The summed E-state index contributed by atoms with van der Waals surface area (Å²) >= 11 is 6.53. The Hall–Kier alpha value is -2.28. The second-order valence-electron chi connectivity index (χ2n) is 11.0. The molecule has 2 heterocycles. The van der Waals surface area contributed by atoms with Crippen LogP contribution < -0.4 is 20.3 Å². The van der Waals surface area contributed by atoms with Crippen LogP contribution in [0.25, 0.3) is 0 Å². The highest BCUT2D eigenvalue weighted by Gasteiger charge is 2.38. The number of piperidine rings is 1. The molecule has 7 heteroatoms. The van der Waals surface area contributed by atoms with Gasteiger partial charge < -0.3 is 25.2 Å². The molecule has 2 N–H and O–H groups in total. The van der Waals surface area contributed by atoms with E-state index in [9.17, 15) is 4.79 Å². The molecule has 0 atom stereocenters. The number of amides is 1. The fourth-order valence-electron chi connectivity index (χ4n) is 5.35. The van der Waals surface area contributed by atoms with Crippen LogP contribution in [0, 0.1) is 0 Å². The lowest BCUT2D eigenvalue weighted by Gasteiger charge is -2.46. The van der Waals surface area contributed by atoms with Crippen molar-refractivity contribution in [3.63, 3.8) is 0 Å². The number of anilines is 1. The Kier molecular flexibility index (Phi) is 7.13. The number of piperazine rings is 1. The van der Waals surface area contributed by atoms with Crippen LogP contribution in [0.1, 0.15) is 50.9 Å². The molecular weight excluding hydrogens is 448 g/mol. The van der Waals surface area contributed by atoms with Crippen LogP contribution in [0.3, 0.4) is 0 Å². The fraction of sp³-hybridized carbons (Fsp3) is 0.519. The third kappa shape index (κ3) is 6.23. The summed E-state index contributed by atoms with van der Waals surface area (Å²) in [6, 6.07) is 13.4. The van der Waals surface area contributed by atoms with Crippen LogP contribution in [0.2, 0.25) is 5.02 Å². The van der Waals surface area contributed by atoms with Gasteiger partial charge in [0.15, 0.2) is 0 Å². The minimum atomic E-state index is -0.107. The van der Waals surface area contributed by atoms with Crippen molar-refractivity contribution in [1.82, 2.24) is 15.5 Å². The van der Waals surface area contributed by atoms with E-state index in [0.29, 0.717) is 16.3 Å². The van der Waals surface area contributed by atoms with Crippen LogP contribution in [-0.2, 0) is 0 Å². The van der Waals surface area contributed by atoms with Crippen molar-refractivity contribution in [3.05, 3.63) is 53.1 Å². The summed E-state index contributed by atoms with van der Waals surface area (Å²) in [6.45, 7) is 12.8. The largest absolute Gasteiger partial charge is 0.456 e. The van der Waals surface area contributed by atoms with Crippen LogP contribution >= 0.6 is 11.6 Å². The number of likely N-dealkylation sites (N-methyl/N-ethyl adjacent to an activating group) is 1. The van der Waals surface area contributed by atoms with Crippen molar-refractivity contribution in [3.8, 4) is 11.5 Å². The normalized spacial score (nSPS) is 20.7. The predicted molar refractivity (Wildman–Crippen MR) is 139 cm³/mol. The molecule has 2 fully saturated rings. The van der Waals surface area contributed by atoms with E-state index in [2.05, 4.69) is 61.2 Å². The van der Waals surface area contributed by atoms with Crippen molar-refractivity contribution in [2.45, 2.75) is 57.7 Å². The molecule has 2 saturated heterocycles. The van der Waals surface area contributed by atoms with Gasteiger partial charge in [-0.25, -0.2) is 0 Å². The number of hydrogen-bond donors (Lipinski definition) is 2. The van der Waals surface area contributed by atoms with Gasteiger partial charge >= 0.3 is 0 Å². The van der Waals surface area contributed by atoms with Gasteiger partial charge in [0, 0.05) is 60.6 Å². The molecule has 0 unspecified atom stereocenters. The third-order valence-electron chi connectivity index (χ3n) is 6.63. The van der Waals surface area contributed by atoms with E-state index < -0.39 is 0 Å². The number of hydrogen-bond acceptors (Lipinski definition) is 5. The summed E-state index contributed by atoms with van der Waals surface area (Å²) in [7, 11) is 2.15. The van der Waals surface area contributed by atoms with E-state index >= 15 is 0 Å². The Morgan fingerprint density at radius 3 is 2.35 bits per heavy atom. The minimum absolute atomic E-state index is 0.0340. The molecule has 0 radical (unpaired) electrons. The first-order valence-electron chi connectivity index (χ1n) is 12.1. The average molecular weight is 485 g/mol. The lowest BCUT2D eigenvalue weighted by atomic mass is 9.79. The topological polar surface area (TPSA) is 56.8 Å². The summed E-state index contributed by atoms with van der Waals surface area (Å²) < 4.78 is 6.09. The molecule has 2 aromatic rings. The number of ether oxygens (including phenoxy) is 1. The third-order valence-corrected chi connectivity index (χ3v) is 6.93. The van der Waals surface area contributed by atoms with Crippen LogP contribution in [0.4, 0.5) is 5.69 Å². The van der Waals surface area contributed by atoms with Crippen LogP contribution in [0.5, 0.6) is 11.5 Å². The number of rotatable bonds is 5. The first-order chi connectivity index (χ1) is 16.0. The zero-order valence-corrected chi connectivity index (χ0v) is 21.7. The Bertz CT molecular complexity index is 1020. The standard InChI is InChI=1S/C27H37ClN4O2/c1-26(2)17-20(18-27(3,4)30-26)29-25(33)19-9-10-24(23(28)15-19)34-22-8-6-7-21(16-22)32-13-11-31(5)12-14-32/h6-10,15-16,20,30H,11-14,17-18H2,1-5H3,(H,29,33). The maximum absolute atomic E-state index is 13.0. The fourth-order valence-corrected chi connectivity index (χ4v) is 5.57. The lowest BCUT2D eigenvalue weighted by Crippen LogP contribution is -2.62. The van der Waals surface area contributed by atoms with E-state index in [1.807, 2.05) is 18.2 Å². The SMILES string of the molecule is CN1CCN(c2cccc(Oc3ccc(C(=O)NC4CC(C)(C)NC(C)(C)C4)cc3Cl)c2)CC1. The summed E-state index contributed by atoms with van der Waals surface area (Å²) in [4.78, 5) is 17.7. The Labute approximate surface area is 208 Å². The minimum Gasteiger partial charge on any atom is -0.456 e. The Morgan fingerprint density at radius 1 is 1.03 bits per heavy atom. The molecular formula is C27H37ClN4O2. The summed E-state index contributed by atoms with van der Waals surface area (Å²) in [5.41, 5.74) is 1.62. The molecule has 2 aliphatic heterocycles. The number of benzene rings is 2. The molecule has 6 nitrogen and oxygen atoms in total. The first kappa shape index (κ1) is 24.8. The molecule has 0 aromatic heterocycles. The van der Waals surface area contributed by atoms with Gasteiger partial charge in [-0.2, -0.15) is 0 Å². The van der Waals surface area contributed by atoms with Gasteiger partial charge in [0.25, 0.3) is 5.91 Å². The summed E-state index contributed by atoms with van der Waals surface area (Å²) in [5.74, 6) is 1.16. The number of nitrogens with zero attached hydrogens (tertiary/aromatic N) is 2. The van der Waals surface area contributed by atoms with Crippen molar-refractivity contribution in [2.75, 3.05) is 38.1 Å². The van der Waals surface area contributed by atoms with Gasteiger partial charge in [0.2, 0.25) is 0 Å². The number of carbonyl (C=O) groups is 1. The summed E-state index contributed by atoms with van der Waals surface area (Å²) in [6.07, 6.45) is 1.75. The molecule has 0 aliphatic carbocycles.